The van der Waals surface area contributed by atoms with Crippen molar-refractivity contribution in [2.75, 3.05) is 5.32 Å². The maximum absolute atomic E-state index is 12.1. The molecule has 2 heterocycles. The van der Waals surface area contributed by atoms with Gasteiger partial charge in [0.25, 0.3) is 5.91 Å². The summed E-state index contributed by atoms with van der Waals surface area (Å²) in [6.07, 6.45) is -0.506. The molecule has 2 aromatic rings. The van der Waals surface area contributed by atoms with Crippen molar-refractivity contribution in [2.24, 2.45) is 0 Å². The van der Waals surface area contributed by atoms with Gasteiger partial charge in [-0.05, 0) is 25.5 Å². The van der Waals surface area contributed by atoms with E-state index >= 15 is 0 Å². The van der Waals surface area contributed by atoms with Crippen molar-refractivity contribution in [3.63, 3.8) is 0 Å². The van der Waals surface area contributed by atoms with Crippen LogP contribution < -0.4 is 5.32 Å². The maximum atomic E-state index is 12.1. The predicted molar refractivity (Wildman–Crippen MR) is 74.0 cm³/mol. The first-order valence-electron chi connectivity index (χ1n) is 6.57. The lowest BCUT2D eigenvalue weighted by molar-refractivity contribution is -0.125. The fourth-order valence-electron chi connectivity index (χ4n) is 2.27. The molecule has 0 fully saturated rings. The zero-order valence-corrected chi connectivity index (χ0v) is 11.7. The zero-order valence-electron chi connectivity index (χ0n) is 11.7. The Morgan fingerprint density at radius 1 is 1.33 bits per heavy atom. The molecular weight excluding hydrogens is 272 g/mol. The number of aromatic nitrogens is 1. The van der Waals surface area contributed by atoms with Crippen LogP contribution in [-0.2, 0) is 16.0 Å². The molecule has 108 valence electrons. The van der Waals surface area contributed by atoms with Gasteiger partial charge in [-0.3, -0.25) is 4.79 Å². The highest BCUT2D eigenvalue weighted by molar-refractivity contribution is 5.99. The summed E-state index contributed by atoms with van der Waals surface area (Å²) in [7, 11) is 0. The number of benzene rings is 1. The molecule has 6 heteroatoms. The van der Waals surface area contributed by atoms with Crippen LogP contribution in [-0.4, -0.2) is 23.1 Å². The molecule has 0 saturated carbocycles. The van der Waals surface area contributed by atoms with E-state index in [4.69, 9.17) is 9.26 Å². The quantitative estimate of drug-likeness (QED) is 0.854. The molecule has 1 aliphatic rings. The molecule has 1 aliphatic heterocycles. The lowest BCUT2D eigenvalue weighted by Gasteiger charge is -2.23. The first-order valence-corrected chi connectivity index (χ1v) is 6.57. The summed E-state index contributed by atoms with van der Waals surface area (Å²) in [6.45, 7) is 3.63. The number of hydrogen-bond acceptors (Lipinski definition) is 5. The number of carbonyl (C=O) groups is 2. The minimum Gasteiger partial charge on any atom is -0.448 e. The standard InChI is InChI=1S/C15H14N2O4/c1-8-3-4-10-7-12(20-15(19)11(10)5-8)14(18)16-13-6-9(2)21-17-13/h3-6,12H,7H2,1-2H3,(H,16,17,18)/t12-/m1/s1. The van der Waals surface area contributed by atoms with E-state index in [9.17, 15) is 9.59 Å². The van der Waals surface area contributed by atoms with E-state index in [1.807, 2.05) is 19.1 Å². The van der Waals surface area contributed by atoms with Crippen LogP contribution in [0.1, 0.15) is 27.2 Å². The third-order valence-electron chi connectivity index (χ3n) is 3.31. The summed E-state index contributed by atoms with van der Waals surface area (Å²) >= 11 is 0. The molecule has 6 nitrogen and oxygen atoms in total. The Labute approximate surface area is 121 Å². The Kier molecular flexibility index (Phi) is 3.21. The highest BCUT2D eigenvalue weighted by Crippen LogP contribution is 2.22. The second-order valence-corrected chi connectivity index (χ2v) is 5.07. The van der Waals surface area contributed by atoms with E-state index in [0.29, 0.717) is 23.6 Å². The molecule has 0 spiro atoms. The SMILES string of the molecule is Cc1ccc2c(c1)C(=O)O[C@@H](C(=O)Nc1cc(C)on1)C2. The molecule has 3 rings (SSSR count). The number of ether oxygens (including phenoxy) is 1. The molecule has 0 saturated heterocycles. The molecule has 0 radical (unpaired) electrons. The number of hydrogen-bond donors (Lipinski definition) is 1. The minimum absolute atomic E-state index is 0.309. The average molecular weight is 286 g/mol. The number of anilines is 1. The van der Waals surface area contributed by atoms with Crippen LogP contribution in [0.5, 0.6) is 0 Å². The van der Waals surface area contributed by atoms with Gasteiger partial charge >= 0.3 is 5.97 Å². The maximum Gasteiger partial charge on any atom is 0.339 e. The molecule has 1 atom stereocenters. The van der Waals surface area contributed by atoms with E-state index in [1.54, 1.807) is 19.1 Å². The number of nitrogens with one attached hydrogen (secondary N) is 1. The molecule has 1 N–H and O–H groups in total. The monoisotopic (exact) mass is 286 g/mol. The van der Waals surface area contributed by atoms with Crippen molar-refractivity contribution in [3.05, 3.63) is 46.7 Å². The molecular formula is C15H14N2O4. The fraction of sp³-hybridized carbons (Fsp3) is 0.267. The van der Waals surface area contributed by atoms with E-state index in [2.05, 4.69) is 10.5 Å². The Balaban J connectivity index is 1.77. The highest BCUT2D eigenvalue weighted by atomic mass is 16.5. The summed E-state index contributed by atoms with van der Waals surface area (Å²) in [5, 5.41) is 6.25. The van der Waals surface area contributed by atoms with Gasteiger partial charge in [-0.1, -0.05) is 22.9 Å². The number of cyclic esters (lactones) is 1. The molecule has 0 unspecified atom stereocenters. The van der Waals surface area contributed by atoms with E-state index in [-0.39, 0.29) is 0 Å². The number of fused-ring (bicyclic) bond motifs is 1. The normalized spacial score (nSPS) is 17.0. The number of rotatable bonds is 2. The number of amides is 1. The van der Waals surface area contributed by atoms with Gasteiger partial charge in [0.05, 0.1) is 5.56 Å². The first kappa shape index (κ1) is 13.4. The van der Waals surface area contributed by atoms with Crippen molar-refractivity contribution < 1.29 is 18.8 Å². The first-order chi connectivity index (χ1) is 10.0. The largest absolute Gasteiger partial charge is 0.448 e. The van der Waals surface area contributed by atoms with Gasteiger partial charge in [0.15, 0.2) is 11.9 Å². The van der Waals surface area contributed by atoms with Gasteiger partial charge in [-0.2, -0.15) is 0 Å². The van der Waals surface area contributed by atoms with E-state index in [0.717, 1.165) is 11.1 Å². The van der Waals surface area contributed by atoms with E-state index in [1.165, 1.54) is 0 Å². The number of carbonyl (C=O) groups excluding carboxylic acids is 2. The van der Waals surface area contributed by atoms with Gasteiger partial charge < -0.3 is 14.6 Å². The van der Waals surface area contributed by atoms with Crippen LogP contribution in [0.4, 0.5) is 5.82 Å². The van der Waals surface area contributed by atoms with Crippen LogP contribution in [0.25, 0.3) is 0 Å². The Morgan fingerprint density at radius 3 is 2.86 bits per heavy atom. The second-order valence-electron chi connectivity index (χ2n) is 5.07. The summed E-state index contributed by atoms with van der Waals surface area (Å²) in [4.78, 5) is 24.1. The Morgan fingerprint density at radius 2 is 2.14 bits per heavy atom. The second kappa shape index (κ2) is 5.05. The summed E-state index contributed by atoms with van der Waals surface area (Å²) < 4.78 is 10.1. The third-order valence-corrected chi connectivity index (χ3v) is 3.31. The molecule has 1 aromatic carbocycles. The molecule has 0 bridgehead atoms. The minimum atomic E-state index is -0.857. The summed E-state index contributed by atoms with van der Waals surface area (Å²) in [5.74, 6) is 0.00863. The number of esters is 1. The van der Waals surface area contributed by atoms with Crippen molar-refractivity contribution in [2.45, 2.75) is 26.4 Å². The summed E-state index contributed by atoms with van der Waals surface area (Å²) in [6, 6.07) is 7.13. The number of aryl methyl sites for hydroxylation is 2. The number of nitrogens with zero attached hydrogens (tertiary/aromatic N) is 1. The molecule has 21 heavy (non-hydrogen) atoms. The van der Waals surface area contributed by atoms with Gasteiger partial charge in [0.1, 0.15) is 5.76 Å². The van der Waals surface area contributed by atoms with Crippen LogP contribution in [0.15, 0.2) is 28.8 Å². The predicted octanol–water partition coefficient (Wildman–Crippen LogP) is 2.01. The Bertz CT molecular complexity index is 720. The van der Waals surface area contributed by atoms with E-state index < -0.39 is 18.0 Å². The average Bonchev–Trinajstić information content (AvgIpc) is 2.84. The van der Waals surface area contributed by atoms with Crippen molar-refractivity contribution in [1.29, 1.82) is 0 Å². The van der Waals surface area contributed by atoms with Gasteiger partial charge in [-0.15, -0.1) is 0 Å². The van der Waals surface area contributed by atoms with Crippen molar-refractivity contribution in [1.82, 2.24) is 5.16 Å². The topological polar surface area (TPSA) is 81.4 Å². The smallest absolute Gasteiger partial charge is 0.339 e. The molecule has 1 aromatic heterocycles. The summed E-state index contributed by atoms with van der Waals surface area (Å²) in [5.41, 5.74) is 2.32. The highest BCUT2D eigenvalue weighted by Gasteiger charge is 2.31. The zero-order chi connectivity index (χ0) is 15.0. The third kappa shape index (κ3) is 2.65. The molecule has 0 aliphatic carbocycles. The van der Waals surface area contributed by atoms with Crippen LogP contribution in [0, 0.1) is 13.8 Å². The molecule has 1 amide bonds. The van der Waals surface area contributed by atoms with Gasteiger partial charge in [-0.25, -0.2) is 4.79 Å². The van der Waals surface area contributed by atoms with Crippen LogP contribution in [0.2, 0.25) is 0 Å². The fourth-order valence-corrected chi connectivity index (χ4v) is 2.27. The van der Waals surface area contributed by atoms with Crippen LogP contribution in [0.3, 0.4) is 0 Å². The van der Waals surface area contributed by atoms with Crippen molar-refractivity contribution in [3.8, 4) is 0 Å². The lowest BCUT2D eigenvalue weighted by Crippen LogP contribution is -2.38. The lowest BCUT2D eigenvalue weighted by atomic mass is 9.96. The van der Waals surface area contributed by atoms with Gasteiger partial charge in [0.2, 0.25) is 0 Å². The van der Waals surface area contributed by atoms with Crippen molar-refractivity contribution >= 4 is 17.7 Å². The Hall–Kier alpha value is -2.63. The van der Waals surface area contributed by atoms with Crippen LogP contribution >= 0.6 is 0 Å². The van der Waals surface area contributed by atoms with Gasteiger partial charge in [0, 0.05) is 12.5 Å².